The van der Waals surface area contributed by atoms with Crippen LogP contribution in [0.25, 0.3) is 0 Å². The number of ether oxygens (including phenoxy) is 1. The van der Waals surface area contributed by atoms with E-state index in [4.69, 9.17) is 4.74 Å². The van der Waals surface area contributed by atoms with Gasteiger partial charge < -0.3 is 15.4 Å². The molecule has 132 valence electrons. The Kier molecular flexibility index (Phi) is 6.76. The van der Waals surface area contributed by atoms with Gasteiger partial charge in [0.05, 0.1) is 0 Å². The molecule has 2 N–H and O–H groups in total. The molecule has 0 aromatic heterocycles. The smallest absolute Gasteiger partial charge is 0.294 e. The SMILES string of the molecule is CNc1ccc(C(OC=O)C(=O)Nc2ccc(SC(F)F)cc2)cc1. The van der Waals surface area contributed by atoms with Gasteiger partial charge in [-0.25, -0.2) is 0 Å². The van der Waals surface area contributed by atoms with Gasteiger partial charge in [-0.05, 0) is 36.4 Å². The Balaban J connectivity index is 2.10. The summed E-state index contributed by atoms with van der Waals surface area (Å²) in [7, 11) is 1.76. The minimum Gasteiger partial charge on any atom is -0.449 e. The van der Waals surface area contributed by atoms with E-state index in [9.17, 15) is 18.4 Å². The molecule has 2 aromatic rings. The van der Waals surface area contributed by atoms with Crippen molar-refractivity contribution in [3.05, 3.63) is 54.1 Å². The normalized spacial score (nSPS) is 11.7. The summed E-state index contributed by atoms with van der Waals surface area (Å²) in [5, 5.41) is 5.55. The highest BCUT2D eigenvalue weighted by atomic mass is 32.2. The summed E-state index contributed by atoms with van der Waals surface area (Å²) >= 11 is 0.418. The van der Waals surface area contributed by atoms with Crippen molar-refractivity contribution in [1.82, 2.24) is 0 Å². The third kappa shape index (κ3) is 5.46. The summed E-state index contributed by atoms with van der Waals surface area (Å²) in [4.78, 5) is 23.5. The van der Waals surface area contributed by atoms with E-state index >= 15 is 0 Å². The van der Waals surface area contributed by atoms with Gasteiger partial charge in [0.15, 0.2) is 0 Å². The van der Waals surface area contributed by atoms with Crippen molar-refractivity contribution < 1.29 is 23.1 Å². The zero-order valence-corrected chi connectivity index (χ0v) is 14.1. The van der Waals surface area contributed by atoms with Crippen LogP contribution in [0.4, 0.5) is 20.2 Å². The van der Waals surface area contributed by atoms with Gasteiger partial charge in [0.1, 0.15) is 0 Å². The minimum atomic E-state index is -2.51. The van der Waals surface area contributed by atoms with Gasteiger partial charge in [0.2, 0.25) is 6.10 Å². The number of hydrogen-bond acceptors (Lipinski definition) is 5. The molecule has 1 atom stereocenters. The number of anilines is 2. The lowest BCUT2D eigenvalue weighted by Crippen LogP contribution is -2.23. The van der Waals surface area contributed by atoms with Crippen LogP contribution in [-0.2, 0) is 14.3 Å². The predicted molar refractivity (Wildman–Crippen MR) is 92.8 cm³/mol. The molecule has 0 fully saturated rings. The summed E-state index contributed by atoms with van der Waals surface area (Å²) in [5.74, 6) is -3.05. The standard InChI is InChI=1S/C17H16F2N2O3S/c1-20-12-4-2-11(3-5-12)15(24-10-22)16(23)21-13-6-8-14(9-7-13)25-17(18)19/h2-10,15,17,20H,1H3,(H,21,23). The van der Waals surface area contributed by atoms with Crippen molar-refractivity contribution in [2.45, 2.75) is 16.8 Å². The highest BCUT2D eigenvalue weighted by Gasteiger charge is 2.22. The second-order valence-electron chi connectivity index (χ2n) is 4.88. The first-order chi connectivity index (χ1) is 12.0. The molecule has 0 heterocycles. The zero-order valence-electron chi connectivity index (χ0n) is 13.2. The second kappa shape index (κ2) is 9.03. The molecule has 2 rings (SSSR count). The van der Waals surface area contributed by atoms with E-state index in [1.165, 1.54) is 24.3 Å². The lowest BCUT2D eigenvalue weighted by atomic mass is 10.1. The number of benzene rings is 2. The number of carbonyl (C=O) groups excluding carboxylic acids is 2. The predicted octanol–water partition coefficient (Wildman–Crippen LogP) is 3.90. The maximum absolute atomic E-state index is 12.4. The fourth-order valence-electron chi connectivity index (χ4n) is 2.10. The van der Waals surface area contributed by atoms with Gasteiger partial charge in [0.25, 0.3) is 18.1 Å². The molecule has 0 aliphatic rings. The summed E-state index contributed by atoms with van der Waals surface area (Å²) in [6.07, 6.45) is -1.11. The van der Waals surface area contributed by atoms with Crippen LogP contribution in [0.2, 0.25) is 0 Å². The zero-order chi connectivity index (χ0) is 18.2. The lowest BCUT2D eigenvalue weighted by molar-refractivity contribution is -0.142. The Morgan fingerprint density at radius 1 is 1.08 bits per heavy atom. The molecule has 1 amide bonds. The Labute approximate surface area is 147 Å². The number of thioether (sulfide) groups is 1. The monoisotopic (exact) mass is 366 g/mol. The quantitative estimate of drug-likeness (QED) is 0.548. The van der Waals surface area contributed by atoms with E-state index in [0.29, 0.717) is 27.9 Å². The number of alkyl halides is 2. The number of halogens is 2. The third-order valence-corrected chi connectivity index (χ3v) is 4.00. The topological polar surface area (TPSA) is 67.4 Å². The van der Waals surface area contributed by atoms with Crippen LogP contribution in [0.1, 0.15) is 11.7 Å². The molecule has 0 bridgehead atoms. The Morgan fingerprint density at radius 2 is 1.68 bits per heavy atom. The first-order valence-corrected chi connectivity index (χ1v) is 8.14. The van der Waals surface area contributed by atoms with E-state index in [2.05, 4.69) is 10.6 Å². The average molecular weight is 366 g/mol. The second-order valence-corrected chi connectivity index (χ2v) is 5.94. The van der Waals surface area contributed by atoms with Gasteiger partial charge in [-0.2, -0.15) is 8.78 Å². The summed E-state index contributed by atoms with van der Waals surface area (Å²) in [5.41, 5.74) is 1.77. The molecule has 25 heavy (non-hydrogen) atoms. The van der Waals surface area contributed by atoms with Gasteiger partial charge >= 0.3 is 0 Å². The molecule has 0 saturated carbocycles. The fourth-order valence-corrected chi connectivity index (χ4v) is 2.60. The maximum Gasteiger partial charge on any atom is 0.294 e. The van der Waals surface area contributed by atoms with Crippen molar-refractivity contribution >= 4 is 35.5 Å². The molecule has 0 saturated heterocycles. The molecule has 2 aromatic carbocycles. The molecule has 8 heteroatoms. The highest BCUT2D eigenvalue weighted by Crippen LogP contribution is 2.27. The molecular weight excluding hydrogens is 350 g/mol. The average Bonchev–Trinajstić information content (AvgIpc) is 2.61. The highest BCUT2D eigenvalue weighted by molar-refractivity contribution is 7.99. The van der Waals surface area contributed by atoms with Crippen molar-refractivity contribution in [3.63, 3.8) is 0 Å². The van der Waals surface area contributed by atoms with Crippen LogP contribution < -0.4 is 10.6 Å². The van der Waals surface area contributed by atoms with E-state index in [0.717, 1.165) is 5.69 Å². The van der Waals surface area contributed by atoms with Crippen molar-refractivity contribution in [1.29, 1.82) is 0 Å². The summed E-state index contributed by atoms with van der Waals surface area (Å²) in [6.45, 7) is 0.207. The number of rotatable bonds is 8. The van der Waals surface area contributed by atoms with Crippen LogP contribution in [0.3, 0.4) is 0 Å². The Hall–Kier alpha value is -2.61. The largest absolute Gasteiger partial charge is 0.449 e. The first-order valence-electron chi connectivity index (χ1n) is 7.26. The maximum atomic E-state index is 12.4. The van der Waals surface area contributed by atoms with Gasteiger partial charge in [0, 0.05) is 28.9 Å². The minimum absolute atomic E-state index is 0.207. The van der Waals surface area contributed by atoms with Crippen LogP contribution in [-0.4, -0.2) is 25.2 Å². The Bertz CT molecular complexity index is 709. The van der Waals surface area contributed by atoms with Gasteiger partial charge in [-0.3, -0.25) is 9.59 Å². The first kappa shape index (κ1) is 18.7. The Morgan fingerprint density at radius 3 is 2.20 bits per heavy atom. The van der Waals surface area contributed by atoms with Crippen LogP contribution >= 0.6 is 11.8 Å². The molecule has 0 spiro atoms. The number of hydrogen-bond donors (Lipinski definition) is 2. The van der Waals surface area contributed by atoms with Gasteiger partial charge in [-0.1, -0.05) is 23.9 Å². The van der Waals surface area contributed by atoms with Crippen molar-refractivity contribution in [2.75, 3.05) is 17.7 Å². The van der Waals surface area contributed by atoms with E-state index in [1.54, 1.807) is 31.3 Å². The van der Waals surface area contributed by atoms with Crippen LogP contribution in [0, 0.1) is 0 Å². The third-order valence-electron chi connectivity index (χ3n) is 3.28. The molecule has 0 radical (unpaired) electrons. The molecule has 0 aliphatic heterocycles. The number of carbonyl (C=O) groups is 2. The van der Waals surface area contributed by atoms with Crippen LogP contribution in [0.15, 0.2) is 53.4 Å². The molecule has 1 unspecified atom stereocenters. The molecule has 0 aliphatic carbocycles. The van der Waals surface area contributed by atoms with E-state index in [-0.39, 0.29) is 6.47 Å². The van der Waals surface area contributed by atoms with Crippen LogP contribution in [0.5, 0.6) is 0 Å². The fraction of sp³-hybridized carbons (Fsp3) is 0.176. The molecular formula is C17H16F2N2O3S. The molecule has 5 nitrogen and oxygen atoms in total. The lowest BCUT2D eigenvalue weighted by Gasteiger charge is -2.16. The summed E-state index contributed by atoms with van der Waals surface area (Å²) in [6, 6.07) is 12.8. The number of amides is 1. The van der Waals surface area contributed by atoms with E-state index in [1.807, 2.05) is 0 Å². The van der Waals surface area contributed by atoms with Gasteiger partial charge in [-0.15, -0.1) is 0 Å². The van der Waals surface area contributed by atoms with Crippen molar-refractivity contribution in [3.8, 4) is 0 Å². The van der Waals surface area contributed by atoms with E-state index < -0.39 is 17.8 Å². The number of nitrogens with one attached hydrogen (secondary N) is 2. The summed E-state index contributed by atoms with van der Waals surface area (Å²) < 4.78 is 29.5. The van der Waals surface area contributed by atoms with Crippen molar-refractivity contribution in [2.24, 2.45) is 0 Å².